The quantitative estimate of drug-likeness (QED) is 0.798. The van der Waals surface area contributed by atoms with Crippen molar-refractivity contribution >= 4 is 19.4 Å². The van der Waals surface area contributed by atoms with Crippen molar-refractivity contribution in [1.82, 2.24) is 0 Å². The molecule has 1 aliphatic carbocycles. The van der Waals surface area contributed by atoms with E-state index in [1.165, 1.54) is 23.7 Å². The average Bonchev–Trinajstić information content (AvgIpc) is 2.23. The molecule has 2 heteroatoms. The number of aliphatic hydroxyl groups excluding tert-OH is 1. The number of hydrogen-bond donors (Lipinski definition) is 1. The van der Waals surface area contributed by atoms with E-state index in [4.69, 9.17) is 0 Å². The third kappa shape index (κ3) is 2.60. The Hall–Kier alpha value is -0.301. The zero-order valence-corrected chi connectivity index (χ0v) is 9.94. The van der Waals surface area contributed by atoms with Crippen molar-refractivity contribution in [2.24, 2.45) is 0 Å². The Morgan fingerprint density at radius 1 is 1.07 bits per heavy atom. The van der Waals surface area contributed by atoms with Crippen LogP contribution in [-0.4, -0.2) is 26.2 Å². The molecular weight excluding hydrogens is 239 g/mol. The summed E-state index contributed by atoms with van der Waals surface area (Å²) in [6, 6.07) is 10.6. The summed E-state index contributed by atoms with van der Waals surface area (Å²) in [4.78, 5) is 0.554. The summed E-state index contributed by atoms with van der Waals surface area (Å²) in [5.74, 6) is 0. The molecule has 14 heavy (non-hydrogen) atoms. The first-order chi connectivity index (χ1) is 6.86. The van der Waals surface area contributed by atoms with Gasteiger partial charge in [-0.3, -0.25) is 0 Å². The molecule has 1 N–H and O–H groups in total. The molecule has 0 aliphatic heterocycles. The van der Waals surface area contributed by atoms with Crippen molar-refractivity contribution in [1.29, 1.82) is 0 Å². The zero-order chi connectivity index (χ0) is 9.80. The Morgan fingerprint density at radius 2 is 1.79 bits per heavy atom. The van der Waals surface area contributed by atoms with E-state index in [1.807, 2.05) is 0 Å². The first kappa shape index (κ1) is 10.2. The summed E-state index contributed by atoms with van der Waals surface area (Å²) in [6.45, 7) is 0. The number of hydrogen-bond acceptors (Lipinski definition) is 1. The summed E-state index contributed by atoms with van der Waals surface area (Å²) >= 11 is 0.459. The van der Waals surface area contributed by atoms with Gasteiger partial charge in [0.05, 0.1) is 0 Å². The minimum atomic E-state index is -0.0380. The molecule has 0 aromatic heterocycles. The molecule has 0 amide bonds. The molecule has 0 bridgehead atoms. The van der Waals surface area contributed by atoms with Gasteiger partial charge >= 0.3 is 91.5 Å². The van der Waals surface area contributed by atoms with Gasteiger partial charge in [0, 0.05) is 0 Å². The van der Waals surface area contributed by atoms with Crippen LogP contribution in [0.15, 0.2) is 30.3 Å². The molecule has 1 nitrogen and oxygen atoms in total. The molecular formula is C12H16OSe. The minimum absolute atomic E-state index is 0.0380. The fourth-order valence-corrected chi connectivity index (χ4v) is 4.49. The molecule has 0 unspecified atom stereocenters. The van der Waals surface area contributed by atoms with Crippen molar-refractivity contribution in [3.63, 3.8) is 0 Å². The number of rotatable bonds is 2. The van der Waals surface area contributed by atoms with Gasteiger partial charge in [-0.2, -0.15) is 0 Å². The Labute approximate surface area is 91.7 Å². The summed E-state index contributed by atoms with van der Waals surface area (Å²) in [5.41, 5.74) is 0. The van der Waals surface area contributed by atoms with E-state index in [9.17, 15) is 5.11 Å². The first-order valence-corrected chi connectivity index (χ1v) is 7.10. The second-order valence-electron chi connectivity index (χ2n) is 3.82. The van der Waals surface area contributed by atoms with E-state index in [0.29, 0.717) is 19.8 Å². The van der Waals surface area contributed by atoms with E-state index in [2.05, 4.69) is 30.3 Å². The van der Waals surface area contributed by atoms with Crippen LogP contribution in [0.4, 0.5) is 0 Å². The van der Waals surface area contributed by atoms with Crippen molar-refractivity contribution in [2.45, 2.75) is 36.6 Å². The molecule has 0 spiro atoms. The van der Waals surface area contributed by atoms with Crippen molar-refractivity contribution < 1.29 is 5.11 Å². The first-order valence-electron chi connectivity index (χ1n) is 5.26. The van der Waals surface area contributed by atoms with E-state index >= 15 is 0 Å². The van der Waals surface area contributed by atoms with E-state index < -0.39 is 0 Å². The van der Waals surface area contributed by atoms with Gasteiger partial charge < -0.3 is 0 Å². The van der Waals surface area contributed by atoms with Gasteiger partial charge in [-0.25, -0.2) is 0 Å². The van der Waals surface area contributed by atoms with Crippen LogP contribution in [0, 0.1) is 0 Å². The van der Waals surface area contributed by atoms with Crippen LogP contribution in [0.3, 0.4) is 0 Å². The van der Waals surface area contributed by atoms with Gasteiger partial charge in [0.15, 0.2) is 0 Å². The topological polar surface area (TPSA) is 20.2 Å². The molecule has 0 heterocycles. The van der Waals surface area contributed by atoms with Crippen molar-refractivity contribution in [3.05, 3.63) is 30.3 Å². The Morgan fingerprint density at radius 3 is 2.50 bits per heavy atom. The maximum absolute atomic E-state index is 9.85. The third-order valence-electron chi connectivity index (χ3n) is 2.70. The normalized spacial score (nSPS) is 27.5. The summed E-state index contributed by atoms with van der Waals surface area (Å²) < 4.78 is 1.42. The number of benzene rings is 1. The molecule has 1 aliphatic rings. The predicted molar refractivity (Wildman–Crippen MR) is 60.1 cm³/mol. The molecule has 2 rings (SSSR count). The maximum atomic E-state index is 9.85. The van der Waals surface area contributed by atoms with Gasteiger partial charge in [0.2, 0.25) is 0 Å². The van der Waals surface area contributed by atoms with Crippen molar-refractivity contribution in [3.8, 4) is 0 Å². The Balaban J connectivity index is 1.96. The summed E-state index contributed by atoms with van der Waals surface area (Å²) in [7, 11) is 0. The zero-order valence-electron chi connectivity index (χ0n) is 8.23. The van der Waals surface area contributed by atoms with E-state index in [-0.39, 0.29) is 6.10 Å². The molecule has 1 saturated carbocycles. The van der Waals surface area contributed by atoms with Crippen LogP contribution in [0.2, 0.25) is 4.82 Å². The van der Waals surface area contributed by atoms with Crippen molar-refractivity contribution in [2.75, 3.05) is 0 Å². The predicted octanol–water partition coefficient (Wildman–Crippen LogP) is 1.74. The molecule has 1 aromatic carbocycles. The van der Waals surface area contributed by atoms with Gasteiger partial charge in [-0.1, -0.05) is 0 Å². The second kappa shape index (κ2) is 4.97. The molecule has 1 fully saturated rings. The van der Waals surface area contributed by atoms with Crippen LogP contribution < -0.4 is 4.46 Å². The molecule has 1 aromatic rings. The second-order valence-corrected chi connectivity index (χ2v) is 6.58. The molecule has 0 saturated heterocycles. The van der Waals surface area contributed by atoms with Gasteiger partial charge in [0.1, 0.15) is 0 Å². The van der Waals surface area contributed by atoms with Gasteiger partial charge in [0.25, 0.3) is 0 Å². The van der Waals surface area contributed by atoms with Crippen LogP contribution >= 0.6 is 0 Å². The molecule has 0 radical (unpaired) electrons. The fraction of sp³-hybridized carbons (Fsp3) is 0.500. The van der Waals surface area contributed by atoms with E-state index in [1.54, 1.807) is 0 Å². The average molecular weight is 255 g/mol. The molecule has 76 valence electrons. The fourth-order valence-electron chi connectivity index (χ4n) is 1.89. The monoisotopic (exact) mass is 256 g/mol. The van der Waals surface area contributed by atoms with Gasteiger partial charge in [-0.05, 0) is 0 Å². The van der Waals surface area contributed by atoms with Crippen LogP contribution in [0.1, 0.15) is 25.7 Å². The number of aliphatic hydroxyl groups is 1. The standard InChI is InChI=1S/C12H16OSe/c13-11-8-4-5-9-12(11)14-10-6-2-1-3-7-10/h1-3,6-7,11-13H,4-5,8-9H2/t11-,12-/m0/s1. The summed E-state index contributed by atoms with van der Waals surface area (Å²) in [6.07, 6.45) is 4.71. The Bertz CT molecular complexity index is 273. The van der Waals surface area contributed by atoms with Gasteiger partial charge in [-0.15, -0.1) is 0 Å². The molecule has 2 atom stereocenters. The Kier molecular flexibility index (Phi) is 3.63. The SMILES string of the molecule is O[C@H]1CCCC[C@@H]1[Se]c1ccccc1. The van der Waals surface area contributed by atoms with E-state index in [0.717, 1.165) is 6.42 Å². The summed E-state index contributed by atoms with van der Waals surface area (Å²) in [5, 5.41) is 9.85. The third-order valence-corrected chi connectivity index (χ3v) is 5.63. The van der Waals surface area contributed by atoms with Crippen LogP contribution in [-0.2, 0) is 0 Å². The van der Waals surface area contributed by atoms with Crippen LogP contribution in [0.5, 0.6) is 0 Å². The van der Waals surface area contributed by atoms with Crippen LogP contribution in [0.25, 0.3) is 0 Å².